The minimum atomic E-state index is -4.50. The molecule has 2 aromatic rings. The summed E-state index contributed by atoms with van der Waals surface area (Å²) in [5.41, 5.74) is -1.94. The molecule has 1 aliphatic carbocycles. The molecule has 0 heterocycles. The van der Waals surface area contributed by atoms with Crippen LogP contribution in [0.25, 0.3) is 10.8 Å². The number of hydrogen-bond donors (Lipinski definition) is 2. The highest BCUT2D eigenvalue weighted by molar-refractivity contribution is 6.36. The van der Waals surface area contributed by atoms with Gasteiger partial charge in [0, 0.05) is 15.8 Å². The van der Waals surface area contributed by atoms with Crippen LogP contribution in [0.4, 0.5) is 13.2 Å². The van der Waals surface area contributed by atoms with Gasteiger partial charge in [0.05, 0.1) is 11.1 Å². The molecule has 0 bridgehead atoms. The van der Waals surface area contributed by atoms with E-state index >= 15 is 0 Å². The summed E-state index contributed by atoms with van der Waals surface area (Å²) >= 11 is 6.40. The summed E-state index contributed by atoms with van der Waals surface area (Å²) in [6.45, 7) is 4.81. The number of allylic oxidation sites excluding steroid dienone is 3. The van der Waals surface area contributed by atoms with Crippen molar-refractivity contribution in [2.45, 2.75) is 44.3 Å². The molecule has 186 valence electrons. The third kappa shape index (κ3) is 5.88. The number of carbonyl (C=O) groups excluding carboxylic acids is 1. The summed E-state index contributed by atoms with van der Waals surface area (Å²) in [6.07, 6.45) is 0.499. The van der Waals surface area contributed by atoms with Gasteiger partial charge in [0.15, 0.2) is 0 Å². The number of benzene rings is 2. The highest BCUT2D eigenvalue weighted by atomic mass is 35.5. The van der Waals surface area contributed by atoms with E-state index in [9.17, 15) is 27.9 Å². The molecule has 2 aromatic carbocycles. The molecule has 3 rings (SSSR count). The Morgan fingerprint density at radius 2 is 1.83 bits per heavy atom. The fourth-order valence-electron chi connectivity index (χ4n) is 4.06. The number of hydrogen-bond acceptors (Lipinski definition) is 3. The van der Waals surface area contributed by atoms with Crippen LogP contribution in [0.1, 0.15) is 43.0 Å². The Labute approximate surface area is 205 Å². The molecule has 1 amide bonds. The van der Waals surface area contributed by atoms with E-state index < -0.39 is 29.2 Å². The zero-order valence-electron chi connectivity index (χ0n) is 19.0. The van der Waals surface area contributed by atoms with Crippen molar-refractivity contribution in [1.82, 2.24) is 5.32 Å². The first kappa shape index (κ1) is 26.3. The van der Waals surface area contributed by atoms with Gasteiger partial charge in [-0.15, -0.1) is 0 Å². The lowest BCUT2D eigenvalue weighted by molar-refractivity contribution is -0.144. The second kappa shape index (κ2) is 10.6. The molecular formula is C26H25ClF3NO4. The van der Waals surface area contributed by atoms with Crippen LogP contribution in [0, 0.1) is 0 Å². The molecule has 0 atom stereocenters. The van der Waals surface area contributed by atoms with Crippen LogP contribution in [-0.2, 0) is 4.79 Å². The van der Waals surface area contributed by atoms with Crippen molar-refractivity contribution in [1.29, 1.82) is 0 Å². The lowest BCUT2D eigenvalue weighted by Crippen LogP contribution is -2.52. The highest BCUT2D eigenvalue weighted by Crippen LogP contribution is 2.37. The van der Waals surface area contributed by atoms with Crippen molar-refractivity contribution in [2.24, 2.45) is 0 Å². The summed E-state index contributed by atoms with van der Waals surface area (Å²) in [4.78, 5) is 25.2. The molecule has 35 heavy (non-hydrogen) atoms. The number of halogens is 4. The predicted molar refractivity (Wildman–Crippen MR) is 129 cm³/mol. The summed E-state index contributed by atoms with van der Waals surface area (Å²) in [7, 11) is 0. The first-order chi connectivity index (χ1) is 16.5. The fraction of sp³-hybridized carbons (Fsp3) is 0.308. The van der Waals surface area contributed by atoms with E-state index in [1.54, 1.807) is 24.3 Å². The number of nitrogens with one attached hydrogen (secondary N) is 1. The molecule has 0 aliphatic heterocycles. The number of aliphatic carboxylic acids is 1. The van der Waals surface area contributed by atoms with Crippen LogP contribution in [0.5, 0.6) is 5.75 Å². The van der Waals surface area contributed by atoms with Crippen molar-refractivity contribution < 1.29 is 32.6 Å². The van der Waals surface area contributed by atoms with Crippen molar-refractivity contribution >= 4 is 34.2 Å². The number of carbonyl (C=O) groups is 2. The molecular weight excluding hydrogens is 483 g/mol. The van der Waals surface area contributed by atoms with Gasteiger partial charge in [-0.2, -0.15) is 13.2 Å². The van der Waals surface area contributed by atoms with E-state index in [1.165, 1.54) is 19.1 Å². The molecule has 1 fully saturated rings. The van der Waals surface area contributed by atoms with Crippen molar-refractivity contribution in [2.75, 3.05) is 6.61 Å². The van der Waals surface area contributed by atoms with Gasteiger partial charge in [0.25, 0.3) is 5.91 Å². The standard InChI is InChI=1S/C26H25ClF3NO4/c1-3-17(26(28,29)30)11-10-16(2)15-35-22-19-9-5-4-8-18(19)21(27)14-20(22)23(32)31-25(24(33)34)12-6-7-13-25/h3-5,8-11,14H,2,6-7,12-13,15H2,1H3,(H,31,32)(H,33,34)/b11-10-,17-3+. The number of rotatable bonds is 8. The lowest BCUT2D eigenvalue weighted by Gasteiger charge is -2.26. The monoisotopic (exact) mass is 507 g/mol. The maximum absolute atomic E-state index is 13.3. The van der Waals surface area contributed by atoms with Crippen LogP contribution >= 0.6 is 11.6 Å². The molecule has 5 nitrogen and oxygen atoms in total. The smallest absolute Gasteiger partial charge is 0.416 e. The zero-order chi connectivity index (χ0) is 25.8. The minimum Gasteiger partial charge on any atom is -0.487 e. The predicted octanol–water partition coefficient (Wildman–Crippen LogP) is 6.62. The van der Waals surface area contributed by atoms with Gasteiger partial charge >= 0.3 is 12.1 Å². The lowest BCUT2D eigenvalue weighted by atomic mass is 9.96. The number of carboxylic acids is 1. The van der Waals surface area contributed by atoms with Crippen molar-refractivity contribution in [3.8, 4) is 5.75 Å². The molecule has 0 unspecified atom stereocenters. The van der Waals surface area contributed by atoms with E-state index in [1.807, 2.05) is 0 Å². The largest absolute Gasteiger partial charge is 0.487 e. The number of carboxylic acid groups (broad SMARTS) is 1. The molecule has 1 aliphatic rings. The molecule has 0 aromatic heterocycles. The van der Waals surface area contributed by atoms with E-state index in [4.69, 9.17) is 16.3 Å². The van der Waals surface area contributed by atoms with Crippen molar-refractivity contribution in [3.05, 3.63) is 76.9 Å². The average Bonchev–Trinajstić information content (AvgIpc) is 3.27. The summed E-state index contributed by atoms with van der Waals surface area (Å²) < 4.78 is 44.7. The molecule has 2 N–H and O–H groups in total. The van der Waals surface area contributed by atoms with Crippen LogP contribution in [0.2, 0.25) is 5.02 Å². The van der Waals surface area contributed by atoms with Crippen LogP contribution < -0.4 is 10.1 Å². The van der Waals surface area contributed by atoms with Crippen LogP contribution in [0.15, 0.2) is 66.3 Å². The Morgan fingerprint density at radius 3 is 2.40 bits per heavy atom. The third-order valence-electron chi connectivity index (χ3n) is 5.95. The minimum absolute atomic E-state index is 0.0300. The van der Waals surface area contributed by atoms with E-state index in [2.05, 4.69) is 11.9 Å². The fourth-order valence-corrected chi connectivity index (χ4v) is 4.33. The van der Waals surface area contributed by atoms with E-state index in [0.717, 1.165) is 12.2 Å². The van der Waals surface area contributed by atoms with Gasteiger partial charge in [0.1, 0.15) is 17.9 Å². The van der Waals surface area contributed by atoms with Gasteiger partial charge in [-0.25, -0.2) is 4.79 Å². The van der Waals surface area contributed by atoms with E-state index in [0.29, 0.717) is 36.5 Å². The number of alkyl halides is 3. The summed E-state index contributed by atoms with van der Waals surface area (Å²) in [5, 5.41) is 13.8. The topological polar surface area (TPSA) is 75.6 Å². The highest BCUT2D eigenvalue weighted by Gasteiger charge is 2.43. The molecule has 0 radical (unpaired) electrons. The second-order valence-corrected chi connectivity index (χ2v) is 8.76. The Hall–Kier alpha value is -3.26. The number of amides is 1. The zero-order valence-corrected chi connectivity index (χ0v) is 19.8. The van der Waals surface area contributed by atoms with Gasteiger partial charge in [-0.05, 0) is 37.5 Å². The molecule has 9 heteroatoms. The quantitative estimate of drug-likeness (QED) is 0.394. The summed E-state index contributed by atoms with van der Waals surface area (Å²) in [6, 6.07) is 8.31. The normalized spacial score (nSPS) is 16.0. The first-order valence-electron chi connectivity index (χ1n) is 11.0. The first-order valence-corrected chi connectivity index (χ1v) is 11.4. The number of fused-ring (bicyclic) bond motifs is 1. The summed E-state index contributed by atoms with van der Waals surface area (Å²) in [5.74, 6) is -1.63. The second-order valence-electron chi connectivity index (χ2n) is 8.35. The molecule has 0 spiro atoms. The van der Waals surface area contributed by atoms with Gasteiger partial charge < -0.3 is 15.2 Å². The SMILES string of the molecule is C=C(/C=C\C(=C/C)C(F)(F)F)COc1c(C(=O)NC2(C(=O)O)CCCC2)cc(Cl)c2ccccc12. The number of ether oxygens (including phenoxy) is 1. The molecule has 0 saturated heterocycles. The van der Waals surface area contributed by atoms with Gasteiger partial charge in [-0.1, -0.05) is 67.4 Å². The van der Waals surface area contributed by atoms with Gasteiger partial charge in [-0.3, -0.25) is 4.79 Å². The Balaban J connectivity index is 1.93. The maximum Gasteiger partial charge on any atom is 0.416 e. The van der Waals surface area contributed by atoms with Crippen molar-refractivity contribution in [3.63, 3.8) is 0 Å². The third-order valence-corrected chi connectivity index (χ3v) is 6.26. The Kier molecular flexibility index (Phi) is 7.95. The Morgan fingerprint density at radius 1 is 1.20 bits per heavy atom. The maximum atomic E-state index is 13.3. The van der Waals surface area contributed by atoms with Crippen LogP contribution in [-0.4, -0.2) is 35.3 Å². The average molecular weight is 508 g/mol. The Bertz CT molecular complexity index is 1210. The van der Waals surface area contributed by atoms with Crippen LogP contribution in [0.3, 0.4) is 0 Å². The van der Waals surface area contributed by atoms with E-state index in [-0.39, 0.29) is 28.5 Å². The van der Waals surface area contributed by atoms with Gasteiger partial charge in [0.2, 0.25) is 0 Å². The molecule has 1 saturated carbocycles.